The Labute approximate surface area is 124 Å². The number of rotatable bonds is 2. The standard InChI is InChI=1S/C14H18N2O3.ClH/c17-14(16-11-2-1-5-15-9-11)10-3-4-12-13(8-10)19-7-6-18-12;/h3-4,8,11,15H,1-2,5-7,9H2,(H,16,17);1H/t11-;/m0./s1. The Hall–Kier alpha value is -1.46. The summed E-state index contributed by atoms with van der Waals surface area (Å²) >= 11 is 0. The molecule has 1 fully saturated rings. The summed E-state index contributed by atoms with van der Waals surface area (Å²) in [4.78, 5) is 12.2. The molecule has 20 heavy (non-hydrogen) atoms. The first-order chi connectivity index (χ1) is 9.33. The Bertz CT molecular complexity index is 475. The minimum atomic E-state index is -0.0503. The van der Waals surface area contributed by atoms with Gasteiger partial charge in [0, 0.05) is 18.2 Å². The topological polar surface area (TPSA) is 59.6 Å². The Balaban J connectivity index is 0.00000147. The van der Waals surface area contributed by atoms with Crippen LogP contribution in [0.5, 0.6) is 11.5 Å². The highest BCUT2D eigenvalue weighted by atomic mass is 35.5. The van der Waals surface area contributed by atoms with Crippen molar-refractivity contribution >= 4 is 18.3 Å². The van der Waals surface area contributed by atoms with E-state index in [9.17, 15) is 4.79 Å². The van der Waals surface area contributed by atoms with Gasteiger partial charge in [0.05, 0.1) is 0 Å². The molecule has 0 bridgehead atoms. The molecule has 1 atom stereocenters. The van der Waals surface area contributed by atoms with E-state index in [0.29, 0.717) is 30.3 Å². The zero-order chi connectivity index (χ0) is 13.1. The number of ether oxygens (including phenoxy) is 2. The minimum absolute atomic E-state index is 0. The second kappa shape index (κ2) is 6.81. The highest BCUT2D eigenvalue weighted by molar-refractivity contribution is 5.95. The molecule has 3 rings (SSSR count). The van der Waals surface area contributed by atoms with Gasteiger partial charge >= 0.3 is 0 Å². The first kappa shape index (κ1) is 14.9. The van der Waals surface area contributed by atoms with Crippen LogP contribution in [0.4, 0.5) is 0 Å². The van der Waals surface area contributed by atoms with E-state index in [-0.39, 0.29) is 24.4 Å². The Morgan fingerprint density at radius 3 is 2.80 bits per heavy atom. The summed E-state index contributed by atoms with van der Waals surface area (Å²) in [6.07, 6.45) is 2.13. The minimum Gasteiger partial charge on any atom is -0.486 e. The Morgan fingerprint density at radius 2 is 2.05 bits per heavy atom. The van der Waals surface area contributed by atoms with Crippen molar-refractivity contribution < 1.29 is 14.3 Å². The number of halogens is 1. The van der Waals surface area contributed by atoms with Crippen molar-refractivity contribution in [1.82, 2.24) is 10.6 Å². The van der Waals surface area contributed by atoms with Gasteiger partial charge in [-0.15, -0.1) is 12.4 Å². The molecule has 2 heterocycles. The van der Waals surface area contributed by atoms with Crippen LogP contribution in [0.1, 0.15) is 23.2 Å². The third-order valence-corrected chi connectivity index (χ3v) is 3.44. The van der Waals surface area contributed by atoms with Crippen LogP contribution >= 0.6 is 12.4 Å². The molecule has 2 aliphatic rings. The monoisotopic (exact) mass is 298 g/mol. The zero-order valence-corrected chi connectivity index (χ0v) is 12.0. The maximum atomic E-state index is 12.2. The normalized spacial score (nSPS) is 20.7. The molecule has 2 aliphatic heterocycles. The number of hydrogen-bond acceptors (Lipinski definition) is 4. The number of amides is 1. The summed E-state index contributed by atoms with van der Waals surface area (Å²) in [5, 5.41) is 6.33. The fourth-order valence-electron chi connectivity index (χ4n) is 2.43. The summed E-state index contributed by atoms with van der Waals surface area (Å²) in [5.74, 6) is 1.31. The number of hydrogen-bond donors (Lipinski definition) is 2. The van der Waals surface area contributed by atoms with Crippen molar-refractivity contribution in [2.24, 2.45) is 0 Å². The van der Waals surface area contributed by atoms with Gasteiger partial charge in [0.25, 0.3) is 5.91 Å². The predicted octanol–water partition coefficient (Wildman–Crippen LogP) is 1.36. The lowest BCUT2D eigenvalue weighted by Crippen LogP contribution is -2.45. The van der Waals surface area contributed by atoms with Gasteiger partial charge in [-0.25, -0.2) is 0 Å². The quantitative estimate of drug-likeness (QED) is 0.865. The van der Waals surface area contributed by atoms with Crippen LogP contribution in [0.2, 0.25) is 0 Å². The molecule has 0 spiro atoms. The SMILES string of the molecule is Cl.O=C(N[C@H]1CCCNC1)c1ccc2c(c1)OCCO2. The molecule has 0 saturated carbocycles. The maximum absolute atomic E-state index is 12.2. The summed E-state index contributed by atoms with van der Waals surface area (Å²) < 4.78 is 10.9. The average molecular weight is 299 g/mol. The van der Waals surface area contributed by atoms with Crippen LogP contribution in [-0.2, 0) is 0 Å². The van der Waals surface area contributed by atoms with E-state index >= 15 is 0 Å². The molecule has 0 aromatic heterocycles. The van der Waals surface area contributed by atoms with E-state index in [0.717, 1.165) is 25.9 Å². The number of benzene rings is 1. The number of fused-ring (bicyclic) bond motifs is 1. The maximum Gasteiger partial charge on any atom is 0.251 e. The smallest absolute Gasteiger partial charge is 0.251 e. The molecule has 1 aromatic rings. The second-order valence-corrected chi connectivity index (χ2v) is 4.88. The fraction of sp³-hybridized carbons (Fsp3) is 0.500. The van der Waals surface area contributed by atoms with Gasteiger partial charge in [0.15, 0.2) is 11.5 Å². The molecule has 110 valence electrons. The molecule has 5 nitrogen and oxygen atoms in total. The van der Waals surface area contributed by atoms with Crippen LogP contribution in [0.3, 0.4) is 0 Å². The van der Waals surface area contributed by atoms with Gasteiger partial charge in [0.1, 0.15) is 13.2 Å². The molecule has 2 N–H and O–H groups in total. The molecule has 1 saturated heterocycles. The van der Waals surface area contributed by atoms with Crippen molar-refractivity contribution in [1.29, 1.82) is 0 Å². The Kier molecular flexibility index (Phi) is 5.09. The first-order valence-electron chi connectivity index (χ1n) is 6.74. The van der Waals surface area contributed by atoms with Crippen LogP contribution in [-0.4, -0.2) is 38.3 Å². The van der Waals surface area contributed by atoms with Crippen LogP contribution < -0.4 is 20.1 Å². The van der Waals surface area contributed by atoms with E-state index in [2.05, 4.69) is 10.6 Å². The third kappa shape index (κ3) is 3.35. The van der Waals surface area contributed by atoms with Crippen molar-refractivity contribution in [2.45, 2.75) is 18.9 Å². The van der Waals surface area contributed by atoms with E-state index in [1.807, 2.05) is 0 Å². The molecule has 0 unspecified atom stereocenters. The van der Waals surface area contributed by atoms with Crippen LogP contribution in [0.15, 0.2) is 18.2 Å². The molecular weight excluding hydrogens is 280 g/mol. The van der Waals surface area contributed by atoms with Crippen molar-refractivity contribution in [3.8, 4) is 11.5 Å². The number of carbonyl (C=O) groups is 1. The fourth-order valence-corrected chi connectivity index (χ4v) is 2.43. The van der Waals surface area contributed by atoms with E-state index in [1.54, 1.807) is 18.2 Å². The average Bonchev–Trinajstić information content (AvgIpc) is 2.48. The lowest BCUT2D eigenvalue weighted by Gasteiger charge is -2.24. The highest BCUT2D eigenvalue weighted by Crippen LogP contribution is 2.30. The van der Waals surface area contributed by atoms with Gasteiger partial charge in [-0.3, -0.25) is 4.79 Å². The third-order valence-electron chi connectivity index (χ3n) is 3.44. The van der Waals surface area contributed by atoms with Gasteiger partial charge in [-0.1, -0.05) is 0 Å². The lowest BCUT2D eigenvalue weighted by atomic mass is 10.1. The summed E-state index contributed by atoms with van der Waals surface area (Å²) in [7, 11) is 0. The molecule has 1 amide bonds. The lowest BCUT2D eigenvalue weighted by molar-refractivity contribution is 0.0929. The molecule has 0 aliphatic carbocycles. The molecular formula is C14H19ClN2O3. The number of piperidine rings is 1. The largest absolute Gasteiger partial charge is 0.486 e. The van der Waals surface area contributed by atoms with Crippen LogP contribution in [0.25, 0.3) is 0 Å². The second-order valence-electron chi connectivity index (χ2n) is 4.88. The van der Waals surface area contributed by atoms with Gasteiger partial charge in [-0.05, 0) is 37.6 Å². The molecule has 0 radical (unpaired) electrons. The summed E-state index contributed by atoms with van der Waals surface area (Å²) in [5.41, 5.74) is 0.620. The Morgan fingerprint density at radius 1 is 1.25 bits per heavy atom. The van der Waals surface area contributed by atoms with Gasteiger partial charge in [0.2, 0.25) is 0 Å². The van der Waals surface area contributed by atoms with Crippen molar-refractivity contribution in [2.75, 3.05) is 26.3 Å². The van der Waals surface area contributed by atoms with Crippen LogP contribution in [0, 0.1) is 0 Å². The summed E-state index contributed by atoms with van der Waals surface area (Å²) in [6, 6.07) is 5.54. The summed E-state index contributed by atoms with van der Waals surface area (Å²) in [6.45, 7) is 2.98. The van der Waals surface area contributed by atoms with Crippen molar-refractivity contribution in [3.63, 3.8) is 0 Å². The zero-order valence-electron chi connectivity index (χ0n) is 11.2. The number of carbonyl (C=O) groups excluding carboxylic acids is 1. The first-order valence-corrected chi connectivity index (χ1v) is 6.74. The van der Waals surface area contributed by atoms with Gasteiger partial charge < -0.3 is 20.1 Å². The molecule has 1 aromatic carbocycles. The highest BCUT2D eigenvalue weighted by Gasteiger charge is 2.18. The van der Waals surface area contributed by atoms with E-state index in [1.165, 1.54) is 0 Å². The van der Waals surface area contributed by atoms with Gasteiger partial charge in [-0.2, -0.15) is 0 Å². The number of nitrogens with one attached hydrogen (secondary N) is 2. The van der Waals surface area contributed by atoms with E-state index < -0.39 is 0 Å². The molecule has 6 heteroatoms. The van der Waals surface area contributed by atoms with E-state index in [4.69, 9.17) is 9.47 Å². The van der Waals surface area contributed by atoms with Crippen molar-refractivity contribution in [3.05, 3.63) is 23.8 Å². The predicted molar refractivity (Wildman–Crippen MR) is 78.0 cm³/mol.